The number of para-hydroxylation sites is 2. The van der Waals surface area contributed by atoms with E-state index in [4.69, 9.17) is 13.1 Å². The molecular weight excluding hydrogens is 1380 g/mol. The van der Waals surface area contributed by atoms with E-state index in [9.17, 15) is 26.3 Å². The van der Waals surface area contributed by atoms with E-state index in [2.05, 4.69) is 235 Å². The number of alkyl halides is 6. The van der Waals surface area contributed by atoms with Crippen molar-refractivity contribution >= 4 is 98.6 Å². The Morgan fingerprint density at radius 3 is 0.836 bits per heavy atom. The highest BCUT2D eigenvalue weighted by molar-refractivity contribution is 6.15. The smallest absolute Gasteiger partial charge is 0.310 e. The first-order valence-electron chi connectivity index (χ1n) is 36.5. The minimum atomic E-state index is -4.52. The minimum Gasteiger partial charge on any atom is -0.310 e. The van der Waals surface area contributed by atoms with Crippen molar-refractivity contribution < 1.29 is 26.3 Å². The van der Waals surface area contributed by atoms with Crippen LogP contribution in [0.15, 0.2) is 255 Å². The van der Waals surface area contributed by atoms with Gasteiger partial charge < -0.3 is 18.3 Å². The fourth-order valence-electron chi connectivity index (χ4n) is 16.7. The minimum absolute atomic E-state index is 0.462. The van der Waals surface area contributed by atoms with E-state index in [-0.39, 0.29) is 0 Å². The van der Waals surface area contributed by atoms with E-state index in [1.54, 1.807) is 13.8 Å². The Hall–Kier alpha value is -13.2. The van der Waals surface area contributed by atoms with Crippen LogP contribution in [0.1, 0.15) is 66.8 Å². The molecule has 14 aromatic carbocycles. The second kappa shape index (κ2) is 26.4. The number of hydrogen-bond donors (Lipinski definition) is 0. The van der Waals surface area contributed by atoms with Crippen LogP contribution in [0.4, 0.5) is 37.7 Å². The van der Waals surface area contributed by atoms with Crippen LogP contribution in [0.2, 0.25) is 0 Å². The van der Waals surface area contributed by atoms with Gasteiger partial charge in [0.1, 0.15) is 0 Å². The number of nitrogens with zero attached hydrogens (tertiary/aromatic N) is 6. The number of hydrogen-bond acceptors (Lipinski definition) is 0. The molecule has 4 aromatic heterocycles. The third kappa shape index (κ3) is 11.9. The van der Waals surface area contributed by atoms with Crippen molar-refractivity contribution in [2.24, 2.45) is 0 Å². The third-order valence-electron chi connectivity index (χ3n) is 21.5. The highest BCUT2D eigenvalue weighted by Gasteiger charge is 2.34. The summed E-state index contributed by atoms with van der Waals surface area (Å²) in [6.07, 6.45) is -9.04. The molecule has 4 heterocycles. The normalized spacial score (nSPS) is 12.0. The van der Waals surface area contributed by atoms with Gasteiger partial charge in [0.2, 0.25) is 0 Å². The molecule has 0 aliphatic heterocycles. The summed E-state index contributed by atoms with van der Waals surface area (Å²) in [6, 6.07) is 83.2. The summed E-state index contributed by atoms with van der Waals surface area (Å²) in [6.45, 7) is 36.2. The fraction of sp³-hybridized carbons (Fsp3) is 0.122. The molecule has 0 aliphatic carbocycles. The van der Waals surface area contributed by atoms with Crippen molar-refractivity contribution in [2.45, 2.75) is 81.6 Å². The molecule has 0 spiro atoms. The Labute approximate surface area is 632 Å². The molecule has 0 fully saturated rings. The maximum Gasteiger partial charge on any atom is 0.416 e. The van der Waals surface area contributed by atoms with Crippen LogP contribution in [0.3, 0.4) is 0 Å². The van der Waals surface area contributed by atoms with Crippen LogP contribution in [-0.2, 0) is 12.4 Å². The molecule has 0 radical (unpaired) electrons. The summed E-state index contributed by atoms with van der Waals surface area (Å²) in [5.74, 6) is 0. The maximum atomic E-state index is 14.4. The molecule has 0 bridgehead atoms. The van der Waals surface area contributed by atoms with Crippen molar-refractivity contribution in [1.82, 2.24) is 18.3 Å². The summed E-state index contributed by atoms with van der Waals surface area (Å²) in [5, 5.41) is 8.72. The quantitative estimate of drug-likeness (QED) is 0.107. The zero-order valence-corrected chi connectivity index (χ0v) is 62.2. The summed E-state index contributed by atoms with van der Waals surface area (Å²) < 4.78 is 95.5. The molecule has 0 saturated heterocycles. The van der Waals surface area contributed by atoms with Gasteiger partial charge in [-0.25, -0.2) is 9.69 Å². The second-order valence-corrected chi connectivity index (χ2v) is 29.7. The van der Waals surface area contributed by atoms with Crippen molar-refractivity contribution in [3.05, 3.63) is 344 Å². The SMILES string of the molecule is [C-]#[N+]c1ccc(-c2cccc(-c3cc(C)cc(C(F)(F)F)c3)c2-n2c3ccc(C)cc3c3cc(C)ccc32)c(-n2c3ccc(C)cc3c3cc(C)ccc32)c1.[C-]#[N+]c1ccc(-n2c3ccc(C)cc3c3cc(C)ccc32)c(-c2cccc(-c3cc(C)cc(C(F)(F)F)c3)c2-n2c3ccc(C)cc3c3cc(C)ccc32)c1. The Morgan fingerprint density at radius 2 is 0.518 bits per heavy atom. The molecule has 536 valence electrons. The van der Waals surface area contributed by atoms with Gasteiger partial charge in [0, 0.05) is 76.6 Å². The van der Waals surface area contributed by atoms with Crippen molar-refractivity contribution in [3.63, 3.8) is 0 Å². The van der Waals surface area contributed by atoms with Crippen LogP contribution < -0.4 is 0 Å². The second-order valence-electron chi connectivity index (χ2n) is 29.7. The van der Waals surface area contributed by atoms with E-state index in [1.807, 2.05) is 78.9 Å². The maximum absolute atomic E-state index is 14.4. The van der Waals surface area contributed by atoms with Gasteiger partial charge in [-0.2, -0.15) is 26.3 Å². The standard InChI is InChI=1S/2C49H36F3N3/c1-28-10-16-43-39(22-28)40-23-29(2)11-17-44(40)54(43)47-27-35(53-6)14-15-37(47)38-9-7-8-36(33-20-32(5)21-34(26-33)49(50,51)52)48(38)55-45-18-12-30(3)24-41(45)42-25-31(4)13-19-46(42)55;1-28-10-15-43-38(22-28)39-23-29(2)11-16-44(39)54(43)45-19-14-35(53-6)27-42(45)37-9-7-8-36(33-20-32(5)21-34(26-33)49(50,51)52)48(37)55-46-17-12-30(3)24-40(46)41-25-31(4)13-18-47(41)55/h2*7-27H,1-5H3. The lowest BCUT2D eigenvalue weighted by Crippen LogP contribution is -2.07. The number of aromatic nitrogens is 4. The molecule has 18 aromatic rings. The van der Waals surface area contributed by atoms with E-state index >= 15 is 0 Å². The van der Waals surface area contributed by atoms with Gasteiger partial charge in [-0.1, -0.05) is 160 Å². The molecule has 0 aliphatic rings. The summed E-state index contributed by atoms with van der Waals surface area (Å²) in [5.41, 5.74) is 26.2. The van der Waals surface area contributed by atoms with Gasteiger partial charge in [0.05, 0.1) is 85.5 Å². The fourth-order valence-corrected chi connectivity index (χ4v) is 16.7. The molecule has 0 amide bonds. The first-order chi connectivity index (χ1) is 52.8. The van der Waals surface area contributed by atoms with Crippen LogP contribution in [0.25, 0.3) is 164 Å². The Bertz CT molecular complexity index is 6790. The van der Waals surface area contributed by atoms with Gasteiger partial charge in [0.15, 0.2) is 11.4 Å². The predicted octanol–water partition coefficient (Wildman–Crippen LogP) is 28.7. The largest absolute Gasteiger partial charge is 0.416 e. The molecule has 0 N–H and O–H groups in total. The van der Waals surface area contributed by atoms with Gasteiger partial charge in [-0.3, -0.25) is 0 Å². The number of fused-ring (bicyclic) bond motifs is 12. The van der Waals surface area contributed by atoms with E-state index in [1.165, 1.54) is 24.3 Å². The molecule has 12 heteroatoms. The third-order valence-corrected chi connectivity index (χ3v) is 21.5. The highest BCUT2D eigenvalue weighted by atomic mass is 19.4. The van der Waals surface area contributed by atoms with Gasteiger partial charge >= 0.3 is 12.4 Å². The lowest BCUT2D eigenvalue weighted by atomic mass is 9.92. The summed E-state index contributed by atoms with van der Waals surface area (Å²) in [7, 11) is 0. The van der Waals surface area contributed by atoms with Gasteiger partial charge in [0.25, 0.3) is 0 Å². The lowest BCUT2D eigenvalue weighted by Gasteiger charge is -2.22. The summed E-state index contributed by atoms with van der Waals surface area (Å²) in [4.78, 5) is 7.75. The van der Waals surface area contributed by atoms with Crippen molar-refractivity contribution in [3.8, 4) is 67.3 Å². The Balaban J connectivity index is 0.000000160. The summed E-state index contributed by atoms with van der Waals surface area (Å²) >= 11 is 0. The Kier molecular flexibility index (Phi) is 16.7. The first-order valence-corrected chi connectivity index (χ1v) is 36.5. The molecule has 0 atom stereocenters. The molecular formula is C98H72F6N6. The highest BCUT2D eigenvalue weighted by Crippen LogP contribution is 2.50. The molecule has 0 saturated carbocycles. The van der Waals surface area contributed by atoms with Crippen molar-refractivity contribution in [1.29, 1.82) is 0 Å². The number of aryl methyl sites for hydroxylation is 10. The number of halogens is 6. The van der Waals surface area contributed by atoms with Gasteiger partial charge in [-0.15, -0.1) is 0 Å². The Morgan fingerprint density at radius 1 is 0.236 bits per heavy atom. The number of benzene rings is 14. The van der Waals surface area contributed by atoms with E-state index < -0.39 is 23.5 Å². The predicted molar refractivity (Wildman–Crippen MR) is 442 cm³/mol. The van der Waals surface area contributed by atoms with Gasteiger partial charge in [-0.05, 0) is 237 Å². The topological polar surface area (TPSA) is 28.4 Å². The zero-order chi connectivity index (χ0) is 76.7. The van der Waals surface area contributed by atoms with Crippen LogP contribution in [-0.4, -0.2) is 18.3 Å². The van der Waals surface area contributed by atoms with Crippen LogP contribution in [0.5, 0.6) is 0 Å². The molecule has 110 heavy (non-hydrogen) atoms. The zero-order valence-electron chi connectivity index (χ0n) is 62.2. The van der Waals surface area contributed by atoms with E-state index in [0.29, 0.717) is 44.8 Å². The number of rotatable bonds is 8. The molecule has 18 rings (SSSR count). The van der Waals surface area contributed by atoms with E-state index in [0.717, 1.165) is 177 Å². The monoisotopic (exact) mass is 1450 g/mol. The van der Waals surface area contributed by atoms with Crippen molar-refractivity contribution in [2.75, 3.05) is 0 Å². The molecule has 6 nitrogen and oxygen atoms in total. The molecule has 0 unspecified atom stereocenters. The van der Waals surface area contributed by atoms with Crippen LogP contribution in [0, 0.1) is 82.4 Å². The van der Waals surface area contributed by atoms with Crippen LogP contribution >= 0.6 is 0 Å². The lowest BCUT2D eigenvalue weighted by molar-refractivity contribution is -0.138. The average Bonchev–Trinajstić information content (AvgIpc) is 1.52. The first kappa shape index (κ1) is 69.9. The average molecular weight is 1450 g/mol.